The van der Waals surface area contributed by atoms with Gasteiger partial charge >= 0.3 is 0 Å². The molecule has 0 bridgehead atoms. The Morgan fingerprint density at radius 2 is 1.76 bits per heavy atom. The van der Waals surface area contributed by atoms with E-state index in [1.54, 1.807) is 24.3 Å². The van der Waals surface area contributed by atoms with E-state index in [0.29, 0.717) is 5.56 Å². The third kappa shape index (κ3) is 2.11. The van der Waals surface area contributed by atoms with Gasteiger partial charge < -0.3 is 0 Å². The van der Waals surface area contributed by atoms with Crippen LogP contribution in [0.25, 0.3) is 11.1 Å². The molecular formula is C13H6FN3. The number of hydrogen-bond donors (Lipinski definition) is 0. The highest BCUT2D eigenvalue weighted by Gasteiger charge is 2.05. The number of rotatable bonds is 1. The van der Waals surface area contributed by atoms with Gasteiger partial charge in [-0.2, -0.15) is 10.5 Å². The highest BCUT2D eigenvalue weighted by atomic mass is 19.1. The largest absolute Gasteiger partial charge is 0.246 e. The van der Waals surface area contributed by atoms with Gasteiger partial charge in [0.2, 0.25) is 0 Å². The second-order valence-electron chi connectivity index (χ2n) is 3.35. The minimum Gasteiger partial charge on any atom is -0.246 e. The second kappa shape index (κ2) is 4.42. The van der Waals surface area contributed by atoms with Crippen molar-refractivity contribution >= 4 is 0 Å². The first-order valence-electron chi connectivity index (χ1n) is 4.81. The van der Waals surface area contributed by atoms with Crippen LogP contribution in [0.3, 0.4) is 0 Å². The molecule has 3 nitrogen and oxygen atoms in total. The molecule has 4 heteroatoms. The maximum absolute atomic E-state index is 13.1. The fourth-order valence-electron chi connectivity index (χ4n) is 1.46. The van der Waals surface area contributed by atoms with E-state index < -0.39 is 5.82 Å². The third-order valence-electron chi connectivity index (χ3n) is 2.29. The van der Waals surface area contributed by atoms with E-state index in [0.717, 1.165) is 5.56 Å². The van der Waals surface area contributed by atoms with Crippen molar-refractivity contribution in [3.05, 3.63) is 53.6 Å². The molecule has 0 saturated heterocycles. The summed E-state index contributed by atoms with van der Waals surface area (Å²) in [6.45, 7) is 0. The highest BCUT2D eigenvalue weighted by molar-refractivity contribution is 5.65. The summed E-state index contributed by atoms with van der Waals surface area (Å²) >= 11 is 0. The van der Waals surface area contributed by atoms with E-state index in [1.807, 2.05) is 6.07 Å². The van der Waals surface area contributed by atoms with E-state index >= 15 is 0 Å². The lowest BCUT2D eigenvalue weighted by atomic mass is 10.0. The quantitative estimate of drug-likeness (QED) is 0.746. The Hall–Kier alpha value is -2.72. The molecule has 0 unspecified atom stereocenters. The Morgan fingerprint density at radius 3 is 2.47 bits per heavy atom. The van der Waals surface area contributed by atoms with E-state index in [-0.39, 0.29) is 11.3 Å². The minimum absolute atomic E-state index is 0.0159. The van der Waals surface area contributed by atoms with Gasteiger partial charge in [-0.3, -0.25) is 0 Å². The van der Waals surface area contributed by atoms with Crippen LogP contribution >= 0.6 is 0 Å². The van der Waals surface area contributed by atoms with Gasteiger partial charge in [-0.1, -0.05) is 6.07 Å². The van der Waals surface area contributed by atoms with E-state index in [4.69, 9.17) is 10.5 Å². The lowest BCUT2D eigenvalue weighted by Gasteiger charge is -2.02. The van der Waals surface area contributed by atoms with Crippen LogP contribution < -0.4 is 0 Å². The van der Waals surface area contributed by atoms with Gasteiger partial charge in [0, 0.05) is 6.20 Å². The van der Waals surface area contributed by atoms with Gasteiger partial charge in [0.05, 0.1) is 5.56 Å². The predicted molar refractivity (Wildman–Crippen MR) is 59.1 cm³/mol. The first kappa shape index (κ1) is 10.8. The molecule has 2 aromatic rings. The fourth-order valence-corrected chi connectivity index (χ4v) is 1.46. The summed E-state index contributed by atoms with van der Waals surface area (Å²) < 4.78 is 13.1. The van der Waals surface area contributed by atoms with Crippen LogP contribution in [-0.2, 0) is 0 Å². The summed E-state index contributed by atoms with van der Waals surface area (Å²) in [4.78, 5) is 3.84. The van der Waals surface area contributed by atoms with Crippen LogP contribution in [0.1, 0.15) is 11.3 Å². The standard InChI is InChI=1S/C13H6FN3/c14-13-2-1-9(5-11(13)7-15)10-3-4-17-12(6-10)8-16/h1-6H. The van der Waals surface area contributed by atoms with Gasteiger partial charge in [0.25, 0.3) is 0 Å². The number of hydrogen-bond acceptors (Lipinski definition) is 3. The van der Waals surface area contributed by atoms with Crippen LogP contribution in [0.15, 0.2) is 36.5 Å². The number of nitrogens with zero attached hydrogens (tertiary/aromatic N) is 3. The van der Waals surface area contributed by atoms with Crippen LogP contribution in [0.5, 0.6) is 0 Å². The molecule has 17 heavy (non-hydrogen) atoms. The van der Waals surface area contributed by atoms with Crippen molar-refractivity contribution in [2.45, 2.75) is 0 Å². The number of benzene rings is 1. The zero-order valence-electron chi connectivity index (χ0n) is 8.68. The van der Waals surface area contributed by atoms with Gasteiger partial charge in [0.15, 0.2) is 0 Å². The Labute approximate surface area is 97.4 Å². The van der Waals surface area contributed by atoms with Crippen molar-refractivity contribution < 1.29 is 4.39 Å². The van der Waals surface area contributed by atoms with Gasteiger partial charge in [-0.15, -0.1) is 0 Å². The number of pyridine rings is 1. The van der Waals surface area contributed by atoms with Crippen LogP contribution in [-0.4, -0.2) is 4.98 Å². The normalized spacial score (nSPS) is 9.35. The van der Waals surface area contributed by atoms with Crippen molar-refractivity contribution in [3.8, 4) is 23.3 Å². The number of aromatic nitrogens is 1. The van der Waals surface area contributed by atoms with E-state index in [1.165, 1.54) is 18.3 Å². The van der Waals surface area contributed by atoms with E-state index in [9.17, 15) is 4.39 Å². The molecule has 0 aliphatic heterocycles. The first-order chi connectivity index (χ1) is 8.24. The summed E-state index contributed by atoms with van der Waals surface area (Å²) in [6, 6.07) is 11.2. The van der Waals surface area contributed by atoms with Crippen molar-refractivity contribution in [2.75, 3.05) is 0 Å². The average molecular weight is 223 g/mol. The molecule has 0 aliphatic carbocycles. The summed E-state index contributed by atoms with van der Waals surface area (Å²) in [5.74, 6) is -0.550. The lowest BCUT2D eigenvalue weighted by molar-refractivity contribution is 0.624. The summed E-state index contributed by atoms with van der Waals surface area (Å²) in [6.07, 6.45) is 1.50. The molecule has 2 rings (SSSR count). The predicted octanol–water partition coefficient (Wildman–Crippen LogP) is 2.63. The summed E-state index contributed by atoms with van der Waals surface area (Å²) in [5, 5.41) is 17.5. The van der Waals surface area contributed by atoms with Crippen molar-refractivity contribution in [1.82, 2.24) is 4.98 Å². The second-order valence-corrected chi connectivity index (χ2v) is 3.35. The molecule has 80 valence electrons. The van der Waals surface area contributed by atoms with Crippen LogP contribution in [0, 0.1) is 28.5 Å². The number of nitriles is 2. The van der Waals surface area contributed by atoms with Crippen molar-refractivity contribution in [2.24, 2.45) is 0 Å². The molecule has 1 aromatic carbocycles. The molecule has 1 heterocycles. The zero-order valence-corrected chi connectivity index (χ0v) is 8.68. The number of halogens is 1. The molecule has 0 fully saturated rings. The Kier molecular flexibility index (Phi) is 2.81. The van der Waals surface area contributed by atoms with E-state index in [2.05, 4.69) is 4.98 Å². The Morgan fingerprint density at radius 1 is 1.00 bits per heavy atom. The molecule has 0 aliphatic rings. The molecule has 1 aromatic heterocycles. The Bertz CT molecular complexity index is 650. The van der Waals surface area contributed by atoms with Gasteiger partial charge in [-0.05, 0) is 35.4 Å². The summed E-state index contributed by atoms with van der Waals surface area (Å²) in [7, 11) is 0. The molecule has 0 saturated carbocycles. The van der Waals surface area contributed by atoms with Crippen LogP contribution in [0.2, 0.25) is 0 Å². The third-order valence-corrected chi connectivity index (χ3v) is 2.29. The monoisotopic (exact) mass is 223 g/mol. The van der Waals surface area contributed by atoms with Crippen LogP contribution in [0.4, 0.5) is 4.39 Å². The Balaban J connectivity index is 2.54. The SMILES string of the molecule is N#Cc1cc(-c2ccc(F)c(C#N)c2)ccn1. The first-order valence-corrected chi connectivity index (χ1v) is 4.81. The topological polar surface area (TPSA) is 60.5 Å². The highest BCUT2D eigenvalue weighted by Crippen LogP contribution is 2.21. The molecule has 0 amide bonds. The molecule has 0 spiro atoms. The maximum atomic E-state index is 13.1. The molecule has 0 N–H and O–H groups in total. The zero-order chi connectivity index (χ0) is 12.3. The maximum Gasteiger partial charge on any atom is 0.141 e. The molecule has 0 radical (unpaired) electrons. The van der Waals surface area contributed by atoms with Gasteiger partial charge in [0.1, 0.15) is 23.6 Å². The lowest BCUT2D eigenvalue weighted by Crippen LogP contribution is -1.87. The minimum atomic E-state index is -0.550. The molecule has 0 atom stereocenters. The summed E-state index contributed by atoms with van der Waals surface area (Å²) in [5.41, 5.74) is 1.68. The van der Waals surface area contributed by atoms with Crippen molar-refractivity contribution in [1.29, 1.82) is 10.5 Å². The van der Waals surface area contributed by atoms with Gasteiger partial charge in [-0.25, -0.2) is 9.37 Å². The fraction of sp³-hybridized carbons (Fsp3) is 0. The smallest absolute Gasteiger partial charge is 0.141 e. The average Bonchev–Trinajstić information content (AvgIpc) is 2.39. The van der Waals surface area contributed by atoms with Crippen molar-refractivity contribution in [3.63, 3.8) is 0 Å². The molecular weight excluding hydrogens is 217 g/mol.